The molecule has 0 amide bonds. The monoisotopic (exact) mass is 156 g/mol. The van der Waals surface area contributed by atoms with Crippen molar-refractivity contribution < 1.29 is 0 Å². The molecular weight excluding hydrogens is 136 g/mol. The summed E-state index contributed by atoms with van der Waals surface area (Å²) in [5.74, 6) is 5.65. The van der Waals surface area contributed by atoms with Crippen molar-refractivity contribution in [3.63, 3.8) is 0 Å². The van der Waals surface area contributed by atoms with Crippen LogP contribution in [0, 0.1) is 0 Å². The Morgan fingerprint density at radius 1 is 1.64 bits per heavy atom. The maximum Gasteiger partial charge on any atom is 0.0441 e. The molecule has 0 aromatic heterocycles. The minimum absolute atomic E-state index is 0.356. The van der Waals surface area contributed by atoms with E-state index in [9.17, 15) is 0 Å². The molecule has 0 saturated heterocycles. The molecule has 0 bridgehead atoms. The number of nitrogens with zero attached hydrogens (tertiary/aromatic N) is 1. The van der Waals surface area contributed by atoms with Gasteiger partial charge < -0.3 is 0 Å². The third kappa shape index (κ3) is 4.17. The number of hydrogen-bond donors (Lipinski definition) is 1. The fourth-order valence-corrected chi connectivity index (χ4v) is 1.20. The van der Waals surface area contributed by atoms with Crippen molar-refractivity contribution in [2.24, 2.45) is 5.84 Å². The van der Waals surface area contributed by atoms with Gasteiger partial charge in [-0.05, 0) is 13.3 Å². The molecule has 0 saturated carbocycles. The summed E-state index contributed by atoms with van der Waals surface area (Å²) in [6.07, 6.45) is 3.57. The Balaban J connectivity index is 3.80. The first kappa shape index (κ1) is 10.7. The summed E-state index contributed by atoms with van der Waals surface area (Å²) in [5, 5.41) is 1.75. The SMILES string of the molecule is C=C(C)C(CCCC)N(C)N. The van der Waals surface area contributed by atoms with Crippen LogP contribution in [0.5, 0.6) is 0 Å². The first-order chi connectivity index (χ1) is 5.09. The zero-order chi connectivity index (χ0) is 8.85. The van der Waals surface area contributed by atoms with Gasteiger partial charge in [-0.25, -0.2) is 5.01 Å². The van der Waals surface area contributed by atoms with E-state index in [4.69, 9.17) is 5.84 Å². The maximum absolute atomic E-state index is 5.65. The molecule has 0 heterocycles. The molecule has 11 heavy (non-hydrogen) atoms. The predicted octanol–water partition coefficient (Wildman–Crippen LogP) is 1.93. The van der Waals surface area contributed by atoms with Crippen LogP contribution in [0.1, 0.15) is 33.1 Å². The first-order valence-electron chi connectivity index (χ1n) is 4.22. The van der Waals surface area contributed by atoms with Crippen LogP contribution in [-0.4, -0.2) is 18.1 Å². The lowest BCUT2D eigenvalue weighted by atomic mass is 10.0. The van der Waals surface area contributed by atoms with Gasteiger partial charge in [0.1, 0.15) is 0 Å². The fourth-order valence-electron chi connectivity index (χ4n) is 1.20. The molecule has 0 spiro atoms. The molecule has 0 radical (unpaired) electrons. The van der Waals surface area contributed by atoms with E-state index in [1.54, 1.807) is 5.01 Å². The average Bonchev–Trinajstić information content (AvgIpc) is 1.87. The van der Waals surface area contributed by atoms with Crippen LogP contribution >= 0.6 is 0 Å². The van der Waals surface area contributed by atoms with E-state index in [2.05, 4.69) is 13.5 Å². The molecule has 1 unspecified atom stereocenters. The highest BCUT2D eigenvalue weighted by molar-refractivity contribution is 5.00. The summed E-state index contributed by atoms with van der Waals surface area (Å²) in [7, 11) is 1.90. The molecule has 0 aliphatic heterocycles. The second-order valence-electron chi connectivity index (χ2n) is 3.17. The summed E-state index contributed by atoms with van der Waals surface area (Å²) < 4.78 is 0. The van der Waals surface area contributed by atoms with Crippen LogP contribution in [-0.2, 0) is 0 Å². The number of rotatable bonds is 5. The highest BCUT2D eigenvalue weighted by Gasteiger charge is 2.10. The Morgan fingerprint density at radius 3 is 2.45 bits per heavy atom. The summed E-state index contributed by atoms with van der Waals surface area (Å²) in [6, 6.07) is 0.356. The number of hydrazine groups is 1. The van der Waals surface area contributed by atoms with Crippen LogP contribution in [0.15, 0.2) is 12.2 Å². The van der Waals surface area contributed by atoms with E-state index in [1.807, 2.05) is 14.0 Å². The smallest absolute Gasteiger partial charge is 0.0441 e. The highest BCUT2D eigenvalue weighted by Crippen LogP contribution is 2.11. The second kappa shape index (κ2) is 5.33. The maximum atomic E-state index is 5.65. The molecule has 0 aromatic rings. The van der Waals surface area contributed by atoms with Gasteiger partial charge in [0.15, 0.2) is 0 Å². The van der Waals surface area contributed by atoms with Crippen molar-refractivity contribution in [3.8, 4) is 0 Å². The van der Waals surface area contributed by atoms with Gasteiger partial charge in [-0.15, -0.1) is 0 Å². The molecule has 0 aliphatic rings. The lowest BCUT2D eigenvalue weighted by Crippen LogP contribution is -2.37. The Kier molecular flexibility index (Phi) is 5.16. The van der Waals surface area contributed by atoms with Gasteiger partial charge in [0.05, 0.1) is 0 Å². The average molecular weight is 156 g/mol. The molecule has 0 aromatic carbocycles. The van der Waals surface area contributed by atoms with Gasteiger partial charge in [0.25, 0.3) is 0 Å². The van der Waals surface area contributed by atoms with Gasteiger partial charge in [0, 0.05) is 13.1 Å². The fraction of sp³-hybridized carbons (Fsp3) is 0.778. The van der Waals surface area contributed by atoms with Crippen LogP contribution in [0.2, 0.25) is 0 Å². The number of nitrogens with two attached hydrogens (primary N) is 1. The summed E-state index contributed by atoms with van der Waals surface area (Å²) in [6.45, 7) is 8.13. The number of unbranched alkanes of at least 4 members (excludes halogenated alkanes) is 1. The minimum Gasteiger partial charge on any atom is -0.268 e. The second-order valence-corrected chi connectivity index (χ2v) is 3.17. The van der Waals surface area contributed by atoms with E-state index in [0.717, 1.165) is 12.0 Å². The molecule has 2 heteroatoms. The van der Waals surface area contributed by atoms with E-state index in [-0.39, 0.29) is 0 Å². The normalized spacial score (nSPS) is 13.5. The number of hydrogen-bond acceptors (Lipinski definition) is 2. The van der Waals surface area contributed by atoms with Crippen molar-refractivity contribution in [2.45, 2.75) is 39.2 Å². The minimum atomic E-state index is 0.356. The lowest BCUT2D eigenvalue weighted by molar-refractivity contribution is 0.264. The molecule has 1 atom stereocenters. The van der Waals surface area contributed by atoms with Gasteiger partial charge in [-0.3, -0.25) is 5.84 Å². The van der Waals surface area contributed by atoms with Gasteiger partial charge >= 0.3 is 0 Å². The molecule has 0 fully saturated rings. The molecule has 2 nitrogen and oxygen atoms in total. The van der Waals surface area contributed by atoms with Crippen LogP contribution < -0.4 is 5.84 Å². The largest absolute Gasteiger partial charge is 0.268 e. The topological polar surface area (TPSA) is 29.3 Å². The quantitative estimate of drug-likeness (QED) is 0.374. The first-order valence-corrected chi connectivity index (χ1v) is 4.22. The van der Waals surface area contributed by atoms with Crippen molar-refractivity contribution in [2.75, 3.05) is 7.05 Å². The zero-order valence-corrected chi connectivity index (χ0v) is 7.93. The summed E-state index contributed by atoms with van der Waals surface area (Å²) >= 11 is 0. The summed E-state index contributed by atoms with van der Waals surface area (Å²) in [4.78, 5) is 0. The predicted molar refractivity (Wildman–Crippen MR) is 50.1 cm³/mol. The number of likely N-dealkylation sites (N-methyl/N-ethyl adjacent to an activating group) is 1. The Morgan fingerprint density at radius 2 is 2.18 bits per heavy atom. The molecule has 0 rings (SSSR count). The molecular formula is C9H20N2. The van der Waals surface area contributed by atoms with Crippen molar-refractivity contribution in [3.05, 3.63) is 12.2 Å². The van der Waals surface area contributed by atoms with Gasteiger partial charge in [-0.2, -0.15) is 0 Å². The van der Waals surface area contributed by atoms with E-state index < -0.39 is 0 Å². The Bertz CT molecular complexity index is 119. The van der Waals surface area contributed by atoms with Crippen LogP contribution in [0.4, 0.5) is 0 Å². The lowest BCUT2D eigenvalue weighted by Gasteiger charge is -2.23. The van der Waals surface area contributed by atoms with Gasteiger partial charge in [-0.1, -0.05) is 31.9 Å². The zero-order valence-electron chi connectivity index (χ0n) is 7.93. The van der Waals surface area contributed by atoms with E-state index in [0.29, 0.717) is 6.04 Å². The highest BCUT2D eigenvalue weighted by atomic mass is 15.4. The van der Waals surface area contributed by atoms with Crippen molar-refractivity contribution >= 4 is 0 Å². The third-order valence-electron chi connectivity index (χ3n) is 1.89. The Labute approximate surface area is 70.0 Å². The molecule has 2 N–H and O–H groups in total. The third-order valence-corrected chi connectivity index (χ3v) is 1.89. The van der Waals surface area contributed by atoms with E-state index >= 15 is 0 Å². The van der Waals surface area contributed by atoms with Crippen LogP contribution in [0.25, 0.3) is 0 Å². The van der Waals surface area contributed by atoms with Crippen molar-refractivity contribution in [1.29, 1.82) is 0 Å². The standard InChI is InChI=1S/C9H20N2/c1-5-6-7-9(8(2)3)11(4)10/h9H,2,5-7,10H2,1,3-4H3. The Hall–Kier alpha value is -0.340. The van der Waals surface area contributed by atoms with Gasteiger partial charge in [0.2, 0.25) is 0 Å². The van der Waals surface area contributed by atoms with Crippen LogP contribution in [0.3, 0.4) is 0 Å². The molecule has 0 aliphatic carbocycles. The molecule has 66 valence electrons. The van der Waals surface area contributed by atoms with E-state index in [1.165, 1.54) is 12.8 Å². The summed E-state index contributed by atoms with van der Waals surface area (Å²) in [5.41, 5.74) is 1.16. The van der Waals surface area contributed by atoms with Crippen molar-refractivity contribution in [1.82, 2.24) is 5.01 Å².